The molecule has 0 aliphatic carbocycles. The van der Waals surface area contributed by atoms with Crippen LogP contribution >= 0.6 is 11.8 Å². The highest BCUT2D eigenvalue weighted by atomic mass is 32.2. The van der Waals surface area contributed by atoms with E-state index in [1.807, 2.05) is 25.1 Å². The zero-order chi connectivity index (χ0) is 21.5. The molecule has 0 heterocycles. The van der Waals surface area contributed by atoms with Crippen molar-refractivity contribution in [2.45, 2.75) is 25.3 Å². The van der Waals surface area contributed by atoms with Gasteiger partial charge < -0.3 is 14.8 Å². The van der Waals surface area contributed by atoms with Crippen LogP contribution in [0.2, 0.25) is 0 Å². The first-order chi connectivity index (χ1) is 14.5. The second-order valence-corrected chi connectivity index (χ2v) is 7.74. The first kappa shape index (κ1) is 21.9. The summed E-state index contributed by atoms with van der Waals surface area (Å²) in [5.41, 5.74) is 1.90. The van der Waals surface area contributed by atoms with Gasteiger partial charge in [-0.2, -0.15) is 8.78 Å². The van der Waals surface area contributed by atoms with Gasteiger partial charge in [0.2, 0.25) is 5.91 Å². The largest absolute Gasteiger partial charge is 0.493 e. The number of rotatable bonds is 9. The molecule has 0 aliphatic rings. The third-order valence-corrected chi connectivity index (χ3v) is 5.60. The highest BCUT2D eigenvalue weighted by Crippen LogP contribution is 2.30. The van der Waals surface area contributed by atoms with Gasteiger partial charge in [-0.25, -0.2) is 0 Å². The molecule has 0 spiro atoms. The number of methoxy groups -OCH3 is 1. The molecule has 158 valence electrons. The summed E-state index contributed by atoms with van der Waals surface area (Å²) in [5.74, 6) is 0.995. The number of hydrogen-bond acceptors (Lipinski definition) is 4. The smallest absolute Gasteiger partial charge is 0.387 e. The topological polar surface area (TPSA) is 47.6 Å². The van der Waals surface area contributed by atoms with Crippen molar-refractivity contribution in [2.24, 2.45) is 0 Å². The molecule has 1 N–H and O–H groups in total. The zero-order valence-electron chi connectivity index (χ0n) is 16.7. The number of ether oxygens (including phenoxy) is 2. The van der Waals surface area contributed by atoms with Crippen molar-refractivity contribution in [2.75, 3.05) is 12.9 Å². The Morgan fingerprint density at radius 3 is 2.53 bits per heavy atom. The molecule has 1 atom stereocenters. The molecule has 0 saturated heterocycles. The minimum absolute atomic E-state index is 0.0109. The summed E-state index contributed by atoms with van der Waals surface area (Å²) in [6.45, 7) is -0.952. The standard InChI is InChI=1S/C23H23F2NO3S/c1-15(18-9-8-17-5-3-4-6-19(17)12-18)26-22(27)14-30-13-16-7-10-20(29-23(24)25)21(11-16)28-2/h3-12,15,23H,13-14H2,1-2H3,(H,26,27). The number of benzene rings is 3. The average Bonchev–Trinajstić information content (AvgIpc) is 2.73. The third-order valence-electron chi connectivity index (χ3n) is 4.60. The molecule has 3 aromatic carbocycles. The van der Waals surface area contributed by atoms with Crippen LogP contribution in [0.25, 0.3) is 10.8 Å². The van der Waals surface area contributed by atoms with Crippen LogP contribution in [-0.4, -0.2) is 25.4 Å². The number of hydrogen-bond donors (Lipinski definition) is 1. The van der Waals surface area contributed by atoms with E-state index in [0.29, 0.717) is 5.75 Å². The van der Waals surface area contributed by atoms with Gasteiger partial charge in [0.05, 0.1) is 18.9 Å². The average molecular weight is 432 g/mol. The Labute approximate surface area is 178 Å². The monoisotopic (exact) mass is 431 g/mol. The molecule has 0 radical (unpaired) electrons. The second kappa shape index (κ2) is 10.3. The van der Waals surface area contributed by atoms with Gasteiger partial charge in [0, 0.05) is 5.75 Å². The first-order valence-corrected chi connectivity index (χ1v) is 10.6. The molecule has 1 unspecified atom stereocenters. The van der Waals surface area contributed by atoms with Crippen molar-refractivity contribution in [1.82, 2.24) is 5.32 Å². The van der Waals surface area contributed by atoms with E-state index < -0.39 is 6.61 Å². The Bertz CT molecular complexity index is 1010. The van der Waals surface area contributed by atoms with E-state index in [1.165, 1.54) is 24.9 Å². The van der Waals surface area contributed by atoms with Gasteiger partial charge >= 0.3 is 6.61 Å². The van der Waals surface area contributed by atoms with Crippen molar-refractivity contribution in [3.63, 3.8) is 0 Å². The van der Waals surface area contributed by atoms with E-state index >= 15 is 0 Å². The molecule has 7 heteroatoms. The first-order valence-electron chi connectivity index (χ1n) is 9.44. The van der Waals surface area contributed by atoms with Crippen molar-refractivity contribution >= 4 is 28.4 Å². The summed E-state index contributed by atoms with van der Waals surface area (Å²) in [6.07, 6.45) is 0. The highest BCUT2D eigenvalue weighted by Gasteiger charge is 2.13. The summed E-state index contributed by atoms with van der Waals surface area (Å²) in [5, 5.41) is 5.31. The number of amides is 1. The van der Waals surface area contributed by atoms with Crippen molar-refractivity contribution in [3.8, 4) is 11.5 Å². The van der Waals surface area contributed by atoms with Crippen molar-refractivity contribution in [3.05, 3.63) is 71.8 Å². The van der Waals surface area contributed by atoms with Crippen LogP contribution in [-0.2, 0) is 10.5 Å². The summed E-state index contributed by atoms with van der Waals surface area (Å²) < 4.78 is 34.3. The van der Waals surface area contributed by atoms with E-state index in [-0.39, 0.29) is 29.2 Å². The number of fused-ring (bicyclic) bond motifs is 1. The lowest BCUT2D eigenvalue weighted by atomic mass is 10.0. The number of carbonyl (C=O) groups excluding carboxylic acids is 1. The van der Waals surface area contributed by atoms with Crippen LogP contribution in [0.1, 0.15) is 24.1 Å². The Morgan fingerprint density at radius 2 is 1.80 bits per heavy atom. The molecule has 3 aromatic rings. The normalized spacial score (nSPS) is 12.0. The minimum atomic E-state index is -2.91. The molecule has 1 amide bonds. The van der Waals surface area contributed by atoms with Crippen LogP contribution < -0.4 is 14.8 Å². The third kappa shape index (κ3) is 5.86. The van der Waals surface area contributed by atoms with Crippen LogP contribution in [0.5, 0.6) is 11.5 Å². The number of nitrogens with one attached hydrogen (secondary N) is 1. The number of thioether (sulfide) groups is 1. The SMILES string of the molecule is COc1cc(CSCC(=O)NC(C)c2ccc3ccccc3c2)ccc1OC(F)F. The Kier molecular flexibility index (Phi) is 7.52. The van der Waals surface area contributed by atoms with Gasteiger partial charge in [0.25, 0.3) is 0 Å². The lowest BCUT2D eigenvalue weighted by Gasteiger charge is -2.15. The summed E-state index contributed by atoms with van der Waals surface area (Å²) in [7, 11) is 1.40. The van der Waals surface area contributed by atoms with E-state index in [0.717, 1.165) is 21.9 Å². The van der Waals surface area contributed by atoms with Crippen LogP contribution in [0.15, 0.2) is 60.7 Å². The van der Waals surface area contributed by atoms with Crippen LogP contribution in [0.4, 0.5) is 8.78 Å². The predicted molar refractivity (Wildman–Crippen MR) is 116 cm³/mol. The van der Waals surface area contributed by atoms with Crippen LogP contribution in [0.3, 0.4) is 0 Å². The molecule has 0 aromatic heterocycles. The fraction of sp³-hybridized carbons (Fsp3) is 0.261. The summed E-state index contributed by atoms with van der Waals surface area (Å²) in [6, 6.07) is 18.9. The zero-order valence-corrected chi connectivity index (χ0v) is 17.5. The Balaban J connectivity index is 1.51. The van der Waals surface area contributed by atoms with Crippen molar-refractivity contribution in [1.29, 1.82) is 0 Å². The van der Waals surface area contributed by atoms with Gasteiger partial charge in [-0.3, -0.25) is 4.79 Å². The molecule has 3 rings (SSSR count). The molecular formula is C23H23F2NO3S. The maximum absolute atomic E-state index is 12.4. The Morgan fingerprint density at radius 1 is 1.03 bits per heavy atom. The maximum atomic E-state index is 12.4. The van der Waals surface area contributed by atoms with Gasteiger partial charge in [-0.15, -0.1) is 11.8 Å². The van der Waals surface area contributed by atoms with Gasteiger partial charge in [-0.1, -0.05) is 42.5 Å². The molecule has 0 fully saturated rings. The van der Waals surface area contributed by atoms with Gasteiger partial charge in [0.1, 0.15) is 0 Å². The fourth-order valence-corrected chi connectivity index (χ4v) is 3.89. The number of alkyl halides is 2. The van der Waals surface area contributed by atoms with Crippen molar-refractivity contribution < 1.29 is 23.0 Å². The molecule has 0 aliphatic heterocycles. The van der Waals surface area contributed by atoms with Gasteiger partial charge in [-0.05, 0) is 47.0 Å². The Hall–Kier alpha value is -2.80. The predicted octanol–water partition coefficient (Wildman–Crippen LogP) is 5.56. The van der Waals surface area contributed by atoms with E-state index in [9.17, 15) is 13.6 Å². The van der Waals surface area contributed by atoms with E-state index in [2.05, 4.69) is 34.3 Å². The number of halogens is 2. The van der Waals surface area contributed by atoms with Gasteiger partial charge in [0.15, 0.2) is 11.5 Å². The quantitative estimate of drug-likeness (QED) is 0.482. The van der Waals surface area contributed by atoms with E-state index in [4.69, 9.17) is 4.74 Å². The minimum Gasteiger partial charge on any atom is -0.493 e. The molecule has 0 saturated carbocycles. The molecular weight excluding hydrogens is 408 g/mol. The molecule has 30 heavy (non-hydrogen) atoms. The summed E-state index contributed by atoms with van der Waals surface area (Å²) >= 11 is 1.44. The number of carbonyl (C=O) groups is 1. The van der Waals surface area contributed by atoms with Crippen LogP contribution in [0, 0.1) is 0 Å². The molecule has 0 bridgehead atoms. The lowest BCUT2D eigenvalue weighted by Crippen LogP contribution is -2.28. The highest BCUT2D eigenvalue weighted by molar-refractivity contribution is 7.99. The lowest BCUT2D eigenvalue weighted by molar-refractivity contribution is -0.119. The second-order valence-electron chi connectivity index (χ2n) is 6.75. The fourth-order valence-electron chi connectivity index (χ4n) is 3.10. The van der Waals surface area contributed by atoms with E-state index in [1.54, 1.807) is 12.1 Å². The summed E-state index contributed by atoms with van der Waals surface area (Å²) in [4.78, 5) is 12.3. The molecule has 4 nitrogen and oxygen atoms in total. The maximum Gasteiger partial charge on any atom is 0.387 e.